The molecule has 0 atom stereocenters. The third-order valence-electron chi connectivity index (χ3n) is 6.71. The molecule has 3 nitrogen and oxygen atoms in total. The highest BCUT2D eigenvalue weighted by atomic mass is 15.4. The summed E-state index contributed by atoms with van der Waals surface area (Å²) in [4.78, 5) is 7.13. The smallest absolute Gasteiger partial charge is 0.196 e. The molecule has 0 amide bonds. The van der Waals surface area contributed by atoms with Gasteiger partial charge in [-0.2, -0.15) is 0 Å². The van der Waals surface area contributed by atoms with Gasteiger partial charge < -0.3 is 10.6 Å². The van der Waals surface area contributed by atoms with Crippen LogP contribution in [0.1, 0.15) is 32.1 Å². The lowest BCUT2D eigenvalue weighted by Gasteiger charge is -2.62. The molecule has 2 N–H and O–H groups in total. The monoisotopic (exact) mass is 281 g/mol. The van der Waals surface area contributed by atoms with Gasteiger partial charge in [-0.15, -0.1) is 0 Å². The number of para-hydroxylation sites is 1. The van der Waals surface area contributed by atoms with Gasteiger partial charge in [-0.1, -0.05) is 18.2 Å². The molecule has 4 saturated carbocycles. The topological polar surface area (TPSA) is 41.6 Å². The van der Waals surface area contributed by atoms with E-state index in [9.17, 15) is 0 Å². The molecule has 0 aromatic heterocycles. The first-order chi connectivity index (χ1) is 10.3. The number of hydrogen-bond acceptors (Lipinski definition) is 3. The zero-order valence-corrected chi connectivity index (χ0v) is 12.4. The highest BCUT2D eigenvalue weighted by Gasteiger charge is 2.62. The molecule has 21 heavy (non-hydrogen) atoms. The quantitative estimate of drug-likeness (QED) is 0.859. The molecule has 0 radical (unpaired) electrons. The first-order valence-corrected chi connectivity index (χ1v) is 8.42. The predicted octanol–water partition coefficient (Wildman–Crippen LogP) is 3.02. The summed E-state index contributed by atoms with van der Waals surface area (Å²) in [6, 6.07) is 10.7. The van der Waals surface area contributed by atoms with Crippen LogP contribution in [0.2, 0.25) is 0 Å². The Kier molecular flexibility index (Phi) is 2.31. The van der Waals surface area contributed by atoms with Gasteiger partial charge in [0.2, 0.25) is 0 Å². The van der Waals surface area contributed by atoms with Gasteiger partial charge in [0.1, 0.15) is 0 Å². The van der Waals surface area contributed by atoms with Crippen molar-refractivity contribution in [1.29, 1.82) is 0 Å². The number of nitrogens with two attached hydrogens (primary N) is 1. The molecule has 5 aliphatic rings. The van der Waals surface area contributed by atoms with E-state index in [0.29, 0.717) is 0 Å². The minimum atomic E-state index is 0.193. The molecule has 0 saturated heterocycles. The molecule has 4 aliphatic carbocycles. The summed E-state index contributed by atoms with van der Waals surface area (Å²) >= 11 is 0. The van der Waals surface area contributed by atoms with Gasteiger partial charge in [0.15, 0.2) is 5.96 Å². The maximum atomic E-state index is 6.34. The molecule has 1 aliphatic heterocycles. The number of guanidine groups is 1. The van der Waals surface area contributed by atoms with Crippen molar-refractivity contribution in [3.63, 3.8) is 0 Å². The van der Waals surface area contributed by atoms with Crippen LogP contribution in [0, 0.1) is 23.7 Å². The fourth-order valence-corrected chi connectivity index (χ4v) is 6.14. The number of benzene rings is 1. The minimum absolute atomic E-state index is 0.193. The van der Waals surface area contributed by atoms with Gasteiger partial charge in [0, 0.05) is 5.69 Å². The standard InChI is InChI=1S/C18H23N3/c19-17-20-11-18(21(17)16-4-2-1-3-5-16)14-7-12-6-13(9-14)10-15(18)8-12/h1-5,12-15H,6-11H2,(H2,19,20). The average molecular weight is 281 g/mol. The van der Waals surface area contributed by atoms with E-state index >= 15 is 0 Å². The summed E-state index contributed by atoms with van der Waals surface area (Å²) in [6.45, 7) is 0.919. The fraction of sp³-hybridized carbons (Fsp3) is 0.611. The number of hydrogen-bond donors (Lipinski definition) is 1. The highest BCUT2D eigenvalue weighted by Crippen LogP contribution is 2.61. The van der Waals surface area contributed by atoms with Crippen LogP contribution in [-0.2, 0) is 0 Å². The minimum Gasteiger partial charge on any atom is -0.369 e. The van der Waals surface area contributed by atoms with Crippen molar-refractivity contribution >= 4 is 11.6 Å². The molecule has 1 aromatic rings. The van der Waals surface area contributed by atoms with E-state index in [2.05, 4.69) is 35.2 Å². The Hall–Kier alpha value is -1.51. The van der Waals surface area contributed by atoms with Gasteiger partial charge >= 0.3 is 0 Å². The van der Waals surface area contributed by atoms with Crippen LogP contribution in [0.4, 0.5) is 5.69 Å². The van der Waals surface area contributed by atoms with Gasteiger partial charge in [-0.05, 0) is 67.9 Å². The van der Waals surface area contributed by atoms with Crippen molar-refractivity contribution in [2.75, 3.05) is 11.4 Å². The van der Waals surface area contributed by atoms with Crippen molar-refractivity contribution in [1.82, 2.24) is 0 Å². The van der Waals surface area contributed by atoms with E-state index in [1.165, 1.54) is 37.8 Å². The van der Waals surface area contributed by atoms with Crippen molar-refractivity contribution in [2.45, 2.75) is 37.6 Å². The van der Waals surface area contributed by atoms with Crippen molar-refractivity contribution in [3.05, 3.63) is 30.3 Å². The second-order valence-corrected chi connectivity index (χ2v) is 7.64. The first kappa shape index (κ1) is 12.1. The van der Waals surface area contributed by atoms with Gasteiger partial charge in [-0.3, -0.25) is 4.99 Å². The van der Waals surface area contributed by atoms with Gasteiger partial charge in [-0.25, -0.2) is 0 Å². The molecule has 110 valence electrons. The number of rotatable bonds is 1. The third-order valence-corrected chi connectivity index (χ3v) is 6.71. The van der Waals surface area contributed by atoms with E-state index in [-0.39, 0.29) is 5.54 Å². The molecule has 1 aromatic carbocycles. The van der Waals surface area contributed by atoms with Gasteiger partial charge in [0.25, 0.3) is 0 Å². The van der Waals surface area contributed by atoms with E-state index in [1.807, 2.05) is 0 Å². The summed E-state index contributed by atoms with van der Waals surface area (Å²) in [5.41, 5.74) is 7.77. The zero-order valence-electron chi connectivity index (χ0n) is 12.4. The lowest BCUT2D eigenvalue weighted by atomic mass is 9.48. The van der Waals surface area contributed by atoms with Crippen LogP contribution in [0.15, 0.2) is 35.3 Å². The van der Waals surface area contributed by atoms with Crippen LogP contribution in [0.25, 0.3) is 0 Å². The van der Waals surface area contributed by atoms with E-state index in [4.69, 9.17) is 10.7 Å². The number of aliphatic imine (C=N–C) groups is 1. The lowest BCUT2D eigenvalue weighted by Crippen LogP contribution is -2.67. The summed E-state index contributed by atoms with van der Waals surface area (Å²) in [7, 11) is 0. The second-order valence-electron chi connectivity index (χ2n) is 7.64. The molecule has 0 unspecified atom stereocenters. The highest BCUT2D eigenvalue weighted by molar-refractivity contribution is 5.98. The van der Waals surface area contributed by atoms with Crippen LogP contribution in [-0.4, -0.2) is 18.0 Å². The Morgan fingerprint density at radius 1 is 0.952 bits per heavy atom. The summed E-state index contributed by atoms with van der Waals surface area (Å²) in [5, 5.41) is 0. The molecular formula is C18H23N3. The molecule has 4 fully saturated rings. The van der Waals surface area contributed by atoms with Crippen molar-refractivity contribution in [2.24, 2.45) is 34.4 Å². The summed E-state index contributed by atoms with van der Waals surface area (Å²) < 4.78 is 0. The van der Waals surface area contributed by atoms with Crippen LogP contribution < -0.4 is 10.6 Å². The number of anilines is 1. The normalized spacial score (nSPS) is 43.6. The lowest BCUT2D eigenvalue weighted by molar-refractivity contribution is -0.0457. The molecule has 3 heteroatoms. The maximum absolute atomic E-state index is 6.34. The second kappa shape index (κ2) is 4.02. The molecular weight excluding hydrogens is 258 g/mol. The molecule has 4 bridgehead atoms. The third kappa shape index (κ3) is 1.47. The fourth-order valence-electron chi connectivity index (χ4n) is 6.14. The average Bonchev–Trinajstić information content (AvgIpc) is 2.83. The van der Waals surface area contributed by atoms with Crippen LogP contribution >= 0.6 is 0 Å². The van der Waals surface area contributed by atoms with Crippen LogP contribution in [0.5, 0.6) is 0 Å². The van der Waals surface area contributed by atoms with Gasteiger partial charge in [0.05, 0.1) is 12.1 Å². The molecule has 1 heterocycles. The van der Waals surface area contributed by atoms with E-state index in [1.54, 1.807) is 0 Å². The van der Waals surface area contributed by atoms with Crippen molar-refractivity contribution in [3.8, 4) is 0 Å². The SMILES string of the molecule is NC1=NCC2(C3CC4CC(C3)CC2C4)N1c1ccccc1. The molecule has 1 spiro atoms. The summed E-state index contributed by atoms with van der Waals surface area (Å²) in [6.07, 6.45) is 7.10. The first-order valence-electron chi connectivity index (χ1n) is 8.42. The van der Waals surface area contributed by atoms with Crippen molar-refractivity contribution < 1.29 is 0 Å². The van der Waals surface area contributed by atoms with E-state index < -0.39 is 0 Å². The Balaban J connectivity index is 1.62. The number of nitrogens with zero attached hydrogens (tertiary/aromatic N) is 2. The van der Waals surface area contributed by atoms with Crippen LogP contribution in [0.3, 0.4) is 0 Å². The Bertz CT molecular complexity index is 564. The zero-order chi connectivity index (χ0) is 14.0. The molecule has 6 rings (SSSR count). The Morgan fingerprint density at radius 2 is 1.57 bits per heavy atom. The maximum Gasteiger partial charge on any atom is 0.196 e. The Morgan fingerprint density at radius 3 is 2.19 bits per heavy atom. The Labute approximate surface area is 126 Å². The van der Waals surface area contributed by atoms with E-state index in [0.717, 1.165) is 36.2 Å². The summed E-state index contributed by atoms with van der Waals surface area (Å²) in [5.74, 6) is 4.29. The largest absolute Gasteiger partial charge is 0.369 e. The predicted molar refractivity (Wildman–Crippen MR) is 85.2 cm³/mol.